The Morgan fingerprint density at radius 3 is 2.71 bits per heavy atom. The van der Waals surface area contributed by atoms with Gasteiger partial charge in [-0.15, -0.1) is 5.10 Å². The third kappa shape index (κ3) is 6.27. The monoisotopic (exact) mass is 571 g/mol. The lowest BCUT2D eigenvalue weighted by Crippen LogP contribution is -2.32. The summed E-state index contributed by atoms with van der Waals surface area (Å²) in [6, 6.07) is 11.7. The maximum Gasteiger partial charge on any atom is 0.345 e. The molecule has 5 rings (SSSR count). The standard InChI is InChI=1S/C27H25F4N7O3/c1-27(30,31)22-20(14-32-35-24(22)39)33-18(15-41-26(28)29)5-4-10-37-12-9-16-13-17(7-8-19(16)25(37)40)23-34-21-6-2-3-11-38(21)36-23/h2-3,6-9,11-14,18,26H,4-5,10,15H2,1H3,(H2,33,35,39)/t18-/m1/s1. The highest BCUT2D eigenvalue weighted by molar-refractivity contribution is 5.85. The fourth-order valence-corrected chi connectivity index (χ4v) is 4.61. The summed E-state index contributed by atoms with van der Waals surface area (Å²) in [5.74, 6) is -2.99. The van der Waals surface area contributed by atoms with Gasteiger partial charge in [0.15, 0.2) is 11.5 Å². The minimum absolute atomic E-state index is 0.164. The van der Waals surface area contributed by atoms with Crippen LogP contribution in [-0.2, 0) is 17.2 Å². The number of alkyl halides is 4. The van der Waals surface area contributed by atoms with Crippen molar-refractivity contribution in [3.8, 4) is 11.4 Å². The number of H-pyrrole nitrogens is 1. The zero-order valence-electron chi connectivity index (χ0n) is 21.7. The van der Waals surface area contributed by atoms with Crippen LogP contribution in [-0.4, -0.2) is 48.6 Å². The highest BCUT2D eigenvalue weighted by Gasteiger charge is 2.32. The number of fused-ring (bicyclic) bond motifs is 2. The van der Waals surface area contributed by atoms with Crippen LogP contribution < -0.4 is 16.4 Å². The quantitative estimate of drug-likeness (QED) is 0.226. The molecule has 0 fully saturated rings. The van der Waals surface area contributed by atoms with Crippen LogP contribution in [0.3, 0.4) is 0 Å². The number of anilines is 1. The first-order valence-corrected chi connectivity index (χ1v) is 12.7. The lowest BCUT2D eigenvalue weighted by Gasteiger charge is -2.22. The van der Waals surface area contributed by atoms with E-state index >= 15 is 0 Å². The number of benzene rings is 1. The molecule has 0 spiro atoms. The summed E-state index contributed by atoms with van der Waals surface area (Å²) < 4.78 is 61.2. The van der Waals surface area contributed by atoms with Crippen LogP contribution in [0.1, 0.15) is 25.3 Å². The Bertz CT molecular complexity index is 1760. The first-order valence-electron chi connectivity index (χ1n) is 12.7. The van der Waals surface area contributed by atoms with Crippen molar-refractivity contribution < 1.29 is 22.3 Å². The molecule has 0 aliphatic carbocycles. The molecule has 10 nitrogen and oxygen atoms in total. The van der Waals surface area contributed by atoms with Crippen LogP contribution in [0.2, 0.25) is 0 Å². The van der Waals surface area contributed by atoms with Gasteiger partial charge in [-0.1, -0.05) is 12.1 Å². The van der Waals surface area contributed by atoms with Gasteiger partial charge in [0.1, 0.15) is 5.56 Å². The van der Waals surface area contributed by atoms with Gasteiger partial charge >= 0.3 is 6.61 Å². The maximum atomic E-state index is 14.1. The van der Waals surface area contributed by atoms with Crippen LogP contribution in [0.4, 0.5) is 23.2 Å². The maximum absolute atomic E-state index is 14.1. The summed E-state index contributed by atoms with van der Waals surface area (Å²) in [6.45, 7) is -2.82. The number of hydrogen-bond donors (Lipinski definition) is 2. The van der Waals surface area contributed by atoms with E-state index in [0.29, 0.717) is 35.6 Å². The highest BCUT2D eigenvalue weighted by Crippen LogP contribution is 2.30. The van der Waals surface area contributed by atoms with Gasteiger partial charge in [0.05, 0.1) is 18.5 Å². The minimum Gasteiger partial charge on any atom is -0.378 e. The van der Waals surface area contributed by atoms with Crippen LogP contribution >= 0.6 is 0 Å². The third-order valence-electron chi connectivity index (χ3n) is 6.51. The molecule has 0 saturated heterocycles. The predicted octanol–water partition coefficient (Wildman–Crippen LogP) is 4.41. The second-order valence-electron chi connectivity index (χ2n) is 9.51. The van der Waals surface area contributed by atoms with E-state index in [1.54, 1.807) is 35.1 Å². The summed E-state index contributed by atoms with van der Waals surface area (Å²) in [4.78, 5) is 29.6. The molecule has 4 heterocycles. The van der Waals surface area contributed by atoms with Crippen molar-refractivity contribution in [1.82, 2.24) is 29.4 Å². The lowest BCUT2D eigenvalue weighted by molar-refractivity contribution is -0.131. The van der Waals surface area contributed by atoms with Crippen molar-refractivity contribution >= 4 is 22.1 Å². The number of aryl methyl sites for hydroxylation is 1. The fraction of sp³-hybridized carbons (Fsp3) is 0.296. The topological polar surface area (TPSA) is 119 Å². The largest absolute Gasteiger partial charge is 0.378 e. The highest BCUT2D eigenvalue weighted by atomic mass is 19.3. The van der Waals surface area contributed by atoms with E-state index in [-0.39, 0.29) is 24.2 Å². The molecule has 0 bridgehead atoms. The van der Waals surface area contributed by atoms with Gasteiger partial charge in [0, 0.05) is 42.9 Å². The Balaban J connectivity index is 1.31. The molecule has 0 aliphatic heterocycles. The average molecular weight is 572 g/mol. The summed E-state index contributed by atoms with van der Waals surface area (Å²) in [6.07, 6.45) is 4.89. The van der Waals surface area contributed by atoms with Gasteiger partial charge in [-0.05, 0) is 48.6 Å². The Morgan fingerprint density at radius 1 is 1.12 bits per heavy atom. The number of hydrogen-bond acceptors (Lipinski definition) is 7. The van der Waals surface area contributed by atoms with Crippen molar-refractivity contribution in [3.05, 3.63) is 87.3 Å². The number of aromatic amines is 1. The molecule has 0 aliphatic rings. The van der Waals surface area contributed by atoms with Crippen LogP contribution in [0.15, 0.2) is 70.6 Å². The summed E-state index contributed by atoms with van der Waals surface area (Å²) in [5.41, 5.74) is -1.06. The van der Waals surface area contributed by atoms with Crippen molar-refractivity contribution in [3.63, 3.8) is 0 Å². The molecule has 2 N–H and O–H groups in total. The summed E-state index contributed by atoms with van der Waals surface area (Å²) in [5, 5.41) is 13.8. The van der Waals surface area contributed by atoms with Gasteiger partial charge in [-0.3, -0.25) is 9.59 Å². The van der Waals surface area contributed by atoms with E-state index in [1.165, 1.54) is 4.57 Å². The van der Waals surface area contributed by atoms with E-state index in [1.807, 2.05) is 29.4 Å². The zero-order chi connectivity index (χ0) is 29.1. The van der Waals surface area contributed by atoms with Gasteiger partial charge < -0.3 is 14.6 Å². The van der Waals surface area contributed by atoms with Gasteiger partial charge in [0.2, 0.25) is 0 Å². The molecule has 5 aromatic rings. The minimum atomic E-state index is -3.51. The molecular weight excluding hydrogens is 546 g/mol. The Hall–Kier alpha value is -4.59. The van der Waals surface area contributed by atoms with E-state index < -0.39 is 36.3 Å². The summed E-state index contributed by atoms with van der Waals surface area (Å²) in [7, 11) is 0. The molecule has 0 radical (unpaired) electrons. The fourth-order valence-electron chi connectivity index (χ4n) is 4.61. The van der Waals surface area contributed by atoms with Gasteiger partial charge in [-0.2, -0.15) is 13.9 Å². The first kappa shape index (κ1) is 28.0. The normalized spacial score (nSPS) is 12.8. The first-order chi connectivity index (χ1) is 19.6. The number of nitrogens with one attached hydrogen (secondary N) is 2. The molecule has 0 amide bonds. The van der Waals surface area contributed by atoms with E-state index in [9.17, 15) is 27.2 Å². The lowest BCUT2D eigenvalue weighted by atomic mass is 10.1. The number of halogens is 4. The number of ether oxygens (including phenoxy) is 1. The molecular formula is C27H25F4N7O3. The number of rotatable bonds is 11. The molecule has 1 aromatic carbocycles. The molecule has 1 atom stereocenters. The van der Waals surface area contributed by atoms with Crippen molar-refractivity contribution in [2.75, 3.05) is 11.9 Å². The Morgan fingerprint density at radius 2 is 1.95 bits per heavy atom. The molecule has 0 unspecified atom stereocenters. The Kier molecular flexibility index (Phi) is 7.83. The average Bonchev–Trinajstić information content (AvgIpc) is 3.36. The van der Waals surface area contributed by atoms with Gasteiger partial charge in [-0.25, -0.2) is 23.4 Å². The molecule has 0 saturated carbocycles. The second-order valence-corrected chi connectivity index (χ2v) is 9.51. The third-order valence-corrected chi connectivity index (χ3v) is 6.51. The SMILES string of the molecule is CC(F)(F)c1c(N[C@H](CCCn2ccc3cc(-c4nc5ccccn5n4)ccc3c2=O)COC(F)F)cn[nH]c1=O. The van der Waals surface area contributed by atoms with E-state index in [2.05, 4.69) is 25.2 Å². The number of pyridine rings is 2. The van der Waals surface area contributed by atoms with E-state index in [0.717, 1.165) is 11.8 Å². The Labute approximate surface area is 229 Å². The number of aromatic nitrogens is 6. The van der Waals surface area contributed by atoms with Gasteiger partial charge in [0.25, 0.3) is 17.0 Å². The number of nitrogens with zero attached hydrogens (tertiary/aromatic N) is 5. The molecule has 214 valence electrons. The molecule has 4 aromatic heterocycles. The van der Waals surface area contributed by atoms with Crippen molar-refractivity contribution in [2.24, 2.45) is 0 Å². The molecule has 14 heteroatoms. The smallest absolute Gasteiger partial charge is 0.345 e. The second kappa shape index (κ2) is 11.5. The van der Waals surface area contributed by atoms with Crippen molar-refractivity contribution in [2.45, 2.75) is 44.9 Å². The van der Waals surface area contributed by atoms with Crippen LogP contribution in [0.25, 0.3) is 27.8 Å². The predicted molar refractivity (Wildman–Crippen MR) is 143 cm³/mol. The zero-order valence-corrected chi connectivity index (χ0v) is 21.7. The van der Waals surface area contributed by atoms with Crippen LogP contribution in [0.5, 0.6) is 0 Å². The van der Waals surface area contributed by atoms with Crippen LogP contribution in [0, 0.1) is 0 Å². The summed E-state index contributed by atoms with van der Waals surface area (Å²) >= 11 is 0. The molecule has 41 heavy (non-hydrogen) atoms. The van der Waals surface area contributed by atoms with E-state index in [4.69, 9.17) is 0 Å². The van der Waals surface area contributed by atoms with Crippen molar-refractivity contribution in [1.29, 1.82) is 0 Å².